The summed E-state index contributed by atoms with van der Waals surface area (Å²) in [5, 5.41) is 13.2. The molecule has 19 heavy (non-hydrogen) atoms. The van der Waals surface area contributed by atoms with E-state index in [0.29, 0.717) is 5.56 Å². The number of halogens is 4. The number of alkyl halides is 3. The molecular formula is C11H13F4N3O. The number of amidine groups is 1. The average Bonchev–Trinajstić information content (AvgIpc) is 2.34. The highest BCUT2D eigenvalue weighted by Crippen LogP contribution is 2.25. The fraction of sp³-hybridized carbons (Fsp3) is 0.364. The number of oxime groups is 1. The monoisotopic (exact) mass is 279 g/mol. The van der Waals surface area contributed by atoms with Gasteiger partial charge in [0, 0.05) is 13.1 Å². The number of rotatable bonds is 5. The molecule has 106 valence electrons. The molecule has 1 aromatic rings. The second kappa shape index (κ2) is 6.37. The van der Waals surface area contributed by atoms with Crippen LogP contribution in [0.25, 0.3) is 0 Å². The Bertz CT molecular complexity index is 431. The van der Waals surface area contributed by atoms with Crippen LogP contribution in [-0.2, 0) is 6.54 Å². The van der Waals surface area contributed by atoms with E-state index in [0.717, 1.165) is 0 Å². The van der Waals surface area contributed by atoms with E-state index in [1.165, 1.54) is 24.3 Å². The van der Waals surface area contributed by atoms with Gasteiger partial charge in [0.1, 0.15) is 11.7 Å². The van der Waals surface area contributed by atoms with Crippen molar-refractivity contribution in [3.63, 3.8) is 0 Å². The minimum absolute atomic E-state index is 0.117. The quantitative estimate of drug-likeness (QED) is 0.253. The van der Waals surface area contributed by atoms with Gasteiger partial charge in [-0.1, -0.05) is 17.3 Å². The zero-order valence-electron chi connectivity index (χ0n) is 9.78. The van der Waals surface area contributed by atoms with Crippen molar-refractivity contribution in [1.29, 1.82) is 0 Å². The van der Waals surface area contributed by atoms with Gasteiger partial charge in [-0.3, -0.25) is 0 Å². The molecule has 0 aromatic heterocycles. The average molecular weight is 279 g/mol. The number of benzene rings is 1. The summed E-state index contributed by atoms with van der Waals surface area (Å²) in [6.45, 7) is -0.414. The van der Waals surface area contributed by atoms with Gasteiger partial charge in [0.05, 0.1) is 0 Å². The van der Waals surface area contributed by atoms with Crippen LogP contribution in [0.15, 0.2) is 29.4 Å². The molecule has 0 radical (unpaired) electrons. The summed E-state index contributed by atoms with van der Waals surface area (Å²) in [5.74, 6) is -3.40. The highest BCUT2D eigenvalue weighted by Gasteiger charge is 2.42. The van der Waals surface area contributed by atoms with Crippen molar-refractivity contribution < 1.29 is 22.8 Å². The highest BCUT2D eigenvalue weighted by molar-refractivity contribution is 5.83. The topological polar surface area (TPSA) is 70.6 Å². The maximum atomic E-state index is 12.6. The summed E-state index contributed by atoms with van der Waals surface area (Å²) < 4.78 is 50.3. The second-order valence-corrected chi connectivity index (χ2v) is 3.88. The molecule has 8 heteroatoms. The zero-order chi connectivity index (χ0) is 14.5. The number of nitrogens with zero attached hydrogens (tertiary/aromatic N) is 1. The Morgan fingerprint density at radius 1 is 1.32 bits per heavy atom. The van der Waals surface area contributed by atoms with E-state index in [1.54, 1.807) is 0 Å². The molecule has 1 aromatic carbocycles. The third kappa shape index (κ3) is 4.74. The van der Waals surface area contributed by atoms with E-state index in [4.69, 9.17) is 10.9 Å². The third-order valence-corrected chi connectivity index (χ3v) is 2.46. The van der Waals surface area contributed by atoms with Crippen LogP contribution in [0.2, 0.25) is 0 Å². The van der Waals surface area contributed by atoms with E-state index >= 15 is 0 Å². The van der Waals surface area contributed by atoms with Crippen molar-refractivity contribution in [2.45, 2.75) is 12.7 Å². The molecule has 0 heterocycles. The van der Waals surface area contributed by atoms with Crippen molar-refractivity contribution in [2.24, 2.45) is 16.8 Å². The smallest absolute Gasteiger partial charge is 0.400 e. The fourth-order valence-electron chi connectivity index (χ4n) is 1.42. The second-order valence-electron chi connectivity index (χ2n) is 3.88. The lowest BCUT2D eigenvalue weighted by atomic mass is 10.1. The van der Waals surface area contributed by atoms with Crippen molar-refractivity contribution >= 4 is 5.84 Å². The van der Waals surface area contributed by atoms with Gasteiger partial charge in [-0.25, -0.2) is 4.39 Å². The van der Waals surface area contributed by atoms with Crippen LogP contribution in [-0.4, -0.2) is 23.8 Å². The molecule has 1 unspecified atom stereocenters. The van der Waals surface area contributed by atoms with Crippen molar-refractivity contribution in [2.75, 3.05) is 6.54 Å². The number of nitrogens with two attached hydrogens (primary N) is 1. The molecule has 4 N–H and O–H groups in total. The lowest BCUT2D eigenvalue weighted by Crippen LogP contribution is -2.42. The van der Waals surface area contributed by atoms with Crippen LogP contribution in [0.5, 0.6) is 0 Å². The van der Waals surface area contributed by atoms with Gasteiger partial charge in [0.25, 0.3) is 0 Å². The fourth-order valence-corrected chi connectivity index (χ4v) is 1.42. The van der Waals surface area contributed by atoms with Crippen LogP contribution < -0.4 is 11.1 Å². The summed E-state index contributed by atoms with van der Waals surface area (Å²) in [4.78, 5) is 0. The molecule has 0 amide bonds. The van der Waals surface area contributed by atoms with Crippen molar-refractivity contribution in [1.82, 2.24) is 5.32 Å². The lowest BCUT2D eigenvalue weighted by Gasteiger charge is -2.19. The van der Waals surface area contributed by atoms with Crippen LogP contribution in [0, 0.1) is 11.7 Å². The van der Waals surface area contributed by atoms with Crippen molar-refractivity contribution in [3.05, 3.63) is 35.6 Å². The Hall–Kier alpha value is -1.83. The van der Waals surface area contributed by atoms with Gasteiger partial charge >= 0.3 is 6.18 Å². The first-order valence-electron chi connectivity index (χ1n) is 5.34. The maximum Gasteiger partial charge on any atom is 0.400 e. The molecule has 0 fully saturated rings. The van der Waals surface area contributed by atoms with E-state index in [-0.39, 0.29) is 6.54 Å². The Morgan fingerprint density at radius 3 is 2.37 bits per heavy atom. The van der Waals surface area contributed by atoms with Crippen LogP contribution in [0.3, 0.4) is 0 Å². The highest BCUT2D eigenvalue weighted by atomic mass is 19.4. The standard InChI is InChI=1S/C11H13F4N3O/c12-8-3-1-7(2-4-8)5-17-6-9(10(16)18-19)11(13,14)15/h1-4,9,17,19H,5-6H2,(H2,16,18). The summed E-state index contributed by atoms with van der Waals surface area (Å²) in [5.41, 5.74) is 5.62. The van der Waals surface area contributed by atoms with E-state index in [2.05, 4.69) is 10.5 Å². The third-order valence-electron chi connectivity index (χ3n) is 2.46. The summed E-state index contributed by atoms with van der Waals surface area (Å²) >= 11 is 0. The Balaban J connectivity index is 2.56. The van der Waals surface area contributed by atoms with Gasteiger partial charge in [0.2, 0.25) is 0 Å². The molecule has 0 aliphatic heterocycles. The summed E-state index contributed by atoms with van der Waals surface area (Å²) in [7, 11) is 0. The van der Waals surface area contributed by atoms with Gasteiger partial charge in [-0.2, -0.15) is 13.2 Å². The molecule has 0 saturated heterocycles. The van der Waals surface area contributed by atoms with Gasteiger partial charge in [-0.05, 0) is 17.7 Å². The van der Waals surface area contributed by atoms with E-state index in [1.807, 2.05) is 0 Å². The normalized spacial score (nSPS) is 14.4. The first-order chi connectivity index (χ1) is 8.84. The molecule has 0 aliphatic carbocycles. The molecule has 1 atom stereocenters. The maximum absolute atomic E-state index is 12.6. The zero-order valence-corrected chi connectivity index (χ0v) is 9.78. The van der Waals surface area contributed by atoms with Crippen LogP contribution >= 0.6 is 0 Å². The minimum atomic E-state index is -4.61. The summed E-state index contributed by atoms with van der Waals surface area (Å²) in [6.07, 6.45) is -4.61. The molecule has 0 spiro atoms. The summed E-state index contributed by atoms with van der Waals surface area (Å²) in [6, 6.07) is 5.33. The molecule has 0 aliphatic rings. The lowest BCUT2D eigenvalue weighted by molar-refractivity contribution is -0.154. The molecular weight excluding hydrogens is 266 g/mol. The van der Waals surface area contributed by atoms with Crippen LogP contribution in [0.4, 0.5) is 17.6 Å². The van der Waals surface area contributed by atoms with E-state index in [9.17, 15) is 17.6 Å². The van der Waals surface area contributed by atoms with Crippen LogP contribution in [0.1, 0.15) is 5.56 Å². The number of hydrogen-bond acceptors (Lipinski definition) is 3. The van der Waals surface area contributed by atoms with Crippen molar-refractivity contribution in [3.8, 4) is 0 Å². The predicted octanol–water partition coefficient (Wildman–Crippen LogP) is 1.84. The number of nitrogens with one attached hydrogen (secondary N) is 1. The Kier molecular flexibility index (Phi) is 5.11. The molecule has 1 rings (SSSR count). The number of hydrogen-bond donors (Lipinski definition) is 3. The van der Waals surface area contributed by atoms with Gasteiger partial charge in [-0.15, -0.1) is 0 Å². The van der Waals surface area contributed by atoms with Gasteiger partial charge in [0.15, 0.2) is 5.84 Å². The van der Waals surface area contributed by atoms with Gasteiger partial charge < -0.3 is 16.3 Å². The first-order valence-corrected chi connectivity index (χ1v) is 5.34. The predicted molar refractivity (Wildman–Crippen MR) is 61.1 cm³/mol. The Morgan fingerprint density at radius 2 is 1.89 bits per heavy atom. The first kappa shape index (κ1) is 15.2. The molecule has 0 saturated carbocycles. The molecule has 4 nitrogen and oxygen atoms in total. The largest absolute Gasteiger partial charge is 0.409 e. The molecule has 0 bridgehead atoms. The Labute approximate surface area is 106 Å². The minimum Gasteiger partial charge on any atom is -0.409 e. The van der Waals surface area contributed by atoms with E-state index < -0.39 is 30.3 Å². The SMILES string of the molecule is N/C(=N/O)C(CNCc1ccc(F)cc1)C(F)(F)F.